The lowest BCUT2D eigenvalue weighted by molar-refractivity contribution is -0.122. The summed E-state index contributed by atoms with van der Waals surface area (Å²) in [4.78, 5) is 24.7. The maximum Gasteiger partial charge on any atom is 0.413 e. The number of alkyl carbamates (subject to hydrolysis) is 1. The van der Waals surface area contributed by atoms with E-state index in [0.29, 0.717) is 6.04 Å². The number of nitrogens with zero attached hydrogens (tertiary/aromatic N) is 1. The molecule has 6 nitrogen and oxygen atoms in total. The number of rotatable bonds is 5. The number of hydrogen-bond acceptors (Lipinski definition) is 5. The van der Waals surface area contributed by atoms with Crippen LogP contribution in [-0.2, 0) is 9.53 Å². The van der Waals surface area contributed by atoms with E-state index in [2.05, 4.69) is 27.2 Å². The molecule has 0 spiro atoms. The Bertz CT molecular complexity index is 278. The van der Waals surface area contributed by atoms with Crippen molar-refractivity contribution in [3.8, 4) is 0 Å². The molecule has 1 heterocycles. The lowest BCUT2D eigenvalue weighted by Gasteiger charge is -2.33. The molecule has 1 rings (SSSR count). The third-order valence-corrected chi connectivity index (χ3v) is 3.07. The summed E-state index contributed by atoms with van der Waals surface area (Å²) in [5.74, 6) is -0.305. The van der Waals surface area contributed by atoms with Crippen LogP contribution >= 0.6 is 0 Å². The first-order valence-corrected chi connectivity index (χ1v) is 6.50. The molecule has 1 fully saturated rings. The van der Waals surface area contributed by atoms with Gasteiger partial charge in [0.1, 0.15) is 0 Å². The number of nitrogens with one attached hydrogen (secondary N) is 2. The maximum atomic E-state index is 11.7. The second kappa shape index (κ2) is 8.05. The van der Waals surface area contributed by atoms with Gasteiger partial charge in [-0.25, -0.2) is 4.79 Å². The molecule has 2 N–H and O–H groups in total. The van der Waals surface area contributed by atoms with Crippen LogP contribution in [0.3, 0.4) is 0 Å². The smallest absolute Gasteiger partial charge is 0.413 e. The van der Waals surface area contributed by atoms with Crippen LogP contribution in [0.2, 0.25) is 0 Å². The van der Waals surface area contributed by atoms with Crippen molar-refractivity contribution in [2.75, 3.05) is 33.3 Å². The summed E-state index contributed by atoms with van der Waals surface area (Å²) in [6, 6.07) is 0.377. The minimum atomic E-state index is -0.696. The summed E-state index contributed by atoms with van der Waals surface area (Å²) in [5.41, 5.74) is 0. The Morgan fingerprint density at radius 3 is 2.83 bits per heavy atom. The van der Waals surface area contributed by atoms with Gasteiger partial charge in [0.25, 0.3) is 0 Å². The molecule has 1 unspecified atom stereocenters. The second-order valence-electron chi connectivity index (χ2n) is 4.51. The van der Waals surface area contributed by atoms with E-state index in [9.17, 15) is 9.59 Å². The number of ether oxygens (including phenoxy) is 1. The molecule has 1 atom stereocenters. The Labute approximate surface area is 108 Å². The number of hydrogen-bond donors (Lipinski definition) is 2. The van der Waals surface area contributed by atoms with Crippen molar-refractivity contribution < 1.29 is 14.3 Å². The van der Waals surface area contributed by atoms with Gasteiger partial charge in [-0.3, -0.25) is 15.0 Å². The molecule has 6 heteroatoms. The van der Waals surface area contributed by atoms with Crippen LogP contribution in [0.1, 0.15) is 26.2 Å². The predicted molar refractivity (Wildman–Crippen MR) is 68.3 cm³/mol. The second-order valence-corrected chi connectivity index (χ2v) is 4.51. The first-order chi connectivity index (χ1) is 8.67. The van der Waals surface area contributed by atoms with Crippen molar-refractivity contribution in [3.63, 3.8) is 0 Å². The molecule has 0 aromatic rings. The predicted octanol–water partition coefficient (Wildman–Crippen LogP) is 0.333. The number of amides is 2. The highest BCUT2D eigenvalue weighted by Crippen LogP contribution is 2.10. The highest BCUT2D eigenvalue weighted by Gasteiger charge is 2.22. The van der Waals surface area contributed by atoms with Crippen molar-refractivity contribution in [2.24, 2.45) is 0 Å². The van der Waals surface area contributed by atoms with E-state index in [4.69, 9.17) is 0 Å². The van der Waals surface area contributed by atoms with Gasteiger partial charge in [0.05, 0.1) is 13.7 Å². The summed E-state index contributed by atoms with van der Waals surface area (Å²) in [5, 5.41) is 5.53. The van der Waals surface area contributed by atoms with E-state index in [1.807, 2.05) is 0 Å². The summed E-state index contributed by atoms with van der Waals surface area (Å²) in [6.45, 7) is 5.15. The molecule has 0 aliphatic carbocycles. The molecule has 1 aliphatic rings. The molecule has 0 aromatic heterocycles. The highest BCUT2D eigenvalue weighted by molar-refractivity contribution is 5.92. The number of imide groups is 1. The van der Waals surface area contributed by atoms with E-state index in [0.717, 1.165) is 38.9 Å². The van der Waals surface area contributed by atoms with Gasteiger partial charge in [-0.2, -0.15) is 0 Å². The van der Waals surface area contributed by atoms with E-state index in [1.165, 1.54) is 7.11 Å². The standard InChI is InChI=1S/C12H23N3O3/c1-3-7-15(10-5-4-6-13-8-10)9-11(16)14-12(17)18-2/h10,13H,3-9H2,1-2H3,(H,14,16,17). The molecule has 2 amide bonds. The molecule has 0 radical (unpaired) electrons. The fraction of sp³-hybridized carbons (Fsp3) is 0.833. The zero-order chi connectivity index (χ0) is 13.4. The van der Waals surface area contributed by atoms with Crippen LogP contribution in [0.25, 0.3) is 0 Å². The molecule has 104 valence electrons. The van der Waals surface area contributed by atoms with Crippen LogP contribution in [-0.4, -0.2) is 56.2 Å². The van der Waals surface area contributed by atoms with E-state index in [1.54, 1.807) is 0 Å². The first-order valence-electron chi connectivity index (χ1n) is 6.50. The van der Waals surface area contributed by atoms with E-state index in [-0.39, 0.29) is 12.5 Å². The molecule has 1 aliphatic heterocycles. The van der Waals surface area contributed by atoms with Gasteiger partial charge in [0.15, 0.2) is 0 Å². The number of carbonyl (C=O) groups excluding carboxylic acids is 2. The summed E-state index contributed by atoms with van der Waals surface area (Å²) in [6.07, 6.45) is 2.52. The van der Waals surface area contributed by atoms with Crippen LogP contribution in [0, 0.1) is 0 Å². The van der Waals surface area contributed by atoms with Crippen LogP contribution in [0.15, 0.2) is 0 Å². The van der Waals surface area contributed by atoms with Crippen molar-refractivity contribution >= 4 is 12.0 Å². The van der Waals surface area contributed by atoms with Gasteiger partial charge >= 0.3 is 6.09 Å². The molecule has 0 saturated carbocycles. The molecular weight excluding hydrogens is 234 g/mol. The Morgan fingerprint density at radius 1 is 1.50 bits per heavy atom. The third kappa shape index (κ3) is 5.01. The Balaban J connectivity index is 2.45. The van der Waals surface area contributed by atoms with Crippen LogP contribution in [0.5, 0.6) is 0 Å². The average molecular weight is 257 g/mol. The minimum absolute atomic E-state index is 0.245. The molecule has 0 aromatic carbocycles. The van der Waals surface area contributed by atoms with Gasteiger partial charge < -0.3 is 10.1 Å². The quantitative estimate of drug-likeness (QED) is 0.743. The topological polar surface area (TPSA) is 70.7 Å². The van der Waals surface area contributed by atoms with Crippen molar-refractivity contribution in [3.05, 3.63) is 0 Å². The Hall–Kier alpha value is -1.14. The average Bonchev–Trinajstić information content (AvgIpc) is 2.39. The van der Waals surface area contributed by atoms with Gasteiger partial charge in [-0.1, -0.05) is 6.92 Å². The number of piperidine rings is 1. The van der Waals surface area contributed by atoms with Crippen molar-refractivity contribution in [1.29, 1.82) is 0 Å². The zero-order valence-electron chi connectivity index (χ0n) is 11.2. The largest absolute Gasteiger partial charge is 0.453 e. The van der Waals surface area contributed by atoms with Crippen LogP contribution in [0.4, 0.5) is 4.79 Å². The summed E-state index contributed by atoms with van der Waals surface area (Å²) < 4.78 is 4.41. The molecule has 1 saturated heterocycles. The van der Waals surface area contributed by atoms with Crippen molar-refractivity contribution in [1.82, 2.24) is 15.5 Å². The SMILES string of the molecule is CCCN(CC(=O)NC(=O)OC)C1CCCNC1. The number of methoxy groups -OCH3 is 1. The maximum absolute atomic E-state index is 11.7. The van der Waals surface area contributed by atoms with Gasteiger partial charge in [-0.05, 0) is 32.4 Å². The van der Waals surface area contributed by atoms with Gasteiger partial charge in [-0.15, -0.1) is 0 Å². The van der Waals surface area contributed by atoms with Gasteiger partial charge in [0.2, 0.25) is 5.91 Å². The summed E-state index contributed by atoms with van der Waals surface area (Å²) in [7, 11) is 1.25. The molecular formula is C12H23N3O3. The fourth-order valence-corrected chi connectivity index (χ4v) is 2.21. The van der Waals surface area contributed by atoms with Crippen molar-refractivity contribution in [2.45, 2.75) is 32.2 Å². The van der Waals surface area contributed by atoms with Crippen LogP contribution < -0.4 is 10.6 Å². The highest BCUT2D eigenvalue weighted by atomic mass is 16.5. The van der Waals surface area contributed by atoms with Gasteiger partial charge in [0, 0.05) is 12.6 Å². The number of carbonyl (C=O) groups is 2. The first kappa shape index (κ1) is 14.9. The molecule has 18 heavy (non-hydrogen) atoms. The Kier molecular flexibility index (Phi) is 6.67. The third-order valence-electron chi connectivity index (χ3n) is 3.07. The van der Waals surface area contributed by atoms with E-state index < -0.39 is 6.09 Å². The minimum Gasteiger partial charge on any atom is -0.453 e. The lowest BCUT2D eigenvalue weighted by atomic mass is 10.1. The van der Waals surface area contributed by atoms with E-state index >= 15 is 0 Å². The monoisotopic (exact) mass is 257 g/mol. The fourth-order valence-electron chi connectivity index (χ4n) is 2.21. The Morgan fingerprint density at radius 2 is 2.28 bits per heavy atom. The normalized spacial score (nSPS) is 19.6. The zero-order valence-corrected chi connectivity index (χ0v) is 11.2. The lowest BCUT2D eigenvalue weighted by Crippen LogP contribution is -2.50. The molecule has 0 bridgehead atoms. The summed E-state index contributed by atoms with van der Waals surface area (Å²) >= 11 is 0.